The Labute approximate surface area is 96.1 Å². The van der Waals surface area contributed by atoms with E-state index in [1.165, 1.54) is 5.56 Å². The highest BCUT2D eigenvalue weighted by Gasteiger charge is 2.74. The lowest BCUT2D eigenvalue weighted by Crippen LogP contribution is -2.18. The van der Waals surface area contributed by atoms with Crippen LogP contribution >= 0.6 is 0 Å². The quantitative estimate of drug-likeness (QED) is 0.824. The molecule has 2 fully saturated rings. The first kappa shape index (κ1) is 9.88. The summed E-state index contributed by atoms with van der Waals surface area (Å²) in [5.74, 6) is 1.45. The predicted molar refractivity (Wildman–Crippen MR) is 64.3 cm³/mol. The summed E-state index contributed by atoms with van der Waals surface area (Å²) in [7, 11) is 0. The van der Waals surface area contributed by atoms with Crippen LogP contribution in [0.5, 0.6) is 0 Å². The van der Waals surface area contributed by atoms with Crippen molar-refractivity contribution in [3.8, 4) is 0 Å². The molecule has 2 saturated carbocycles. The highest BCUT2D eigenvalue weighted by atomic mass is 16.2. The van der Waals surface area contributed by atoms with E-state index in [4.69, 9.17) is 0 Å². The second kappa shape index (κ2) is 3.09. The molecule has 0 saturated heterocycles. The summed E-state index contributed by atoms with van der Waals surface area (Å²) in [5, 5.41) is 3.04. The lowest BCUT2D eigenvalue weighted by atomic mass is 10.0. The van der Waals surface area contributed by atoms with E-state index in [2.05, 4.69) is 31.3 Å². The van der Waals surface area contributed by atoms with Gasteiger partial charge < -0.3 is 5.32 Å². The number of anilines is 1. The summed E-state index contributed by atoms with van der Waals surface area (Å²) in [5.41, 5.74) is 2.29. The van der Waals surface area contributed by atoms with Crippen LogP contribution in [0.3, 0.4) is 0 Å². The maximum Gasteiger partial charge on any atom is 0.230 e. The minimum absolute atomic E-state index is 0.0633. The van der Waals surface area contributed by atoms with Crippen LogP contribution in [0.25, 0.3) is 0 Å². The molecule has 1 aromatic rings. The first-order valence-corrected chi connectivity index (χ1v) is 6.03. The Bertz CT molecular complexity index is 444. The van der Waals surface area contributed by atoms with Crippen molar-refractivity contribution >= 4 is 11.6 Å². The molecule has 0 spiro atoms. The van der Waals surface area contributed by atoms with E-state index in [9.17, 15) is 4.79 Å². The van der Waals surface area contributed by atoms with Crippen LogP contribution in [-0.4, -0.2) is 5.91 Å². The summed E-state index contributed by atoms with van der Waals surface area (Å²) in [4.78, 5) is 11.9. The summed E-state index contributed by atoms with van der Waals surface area (Å²) in [6.45, 7) is 4.33. The fourth-order valence-electron chi connectivity index (χ4n) is 2.30. The minimum Gasteiger partial charge on any atom is -0.326 e. The third-order valence-corrected chi connectivity index (χ3v) is 3.95. The van der Waals surface area contributed by atoms with Crippen LogP contribution in [0.15, 0.2) is 24.3 Å². The number of benzene rings is 1. The maximum atomic E-state index is 11.9. The van der Waals surface area contributed by atoms with E-state index < -0.39 is 0 Å². The molecule has 2 aliphatic rings. The summed E-state index contributed by atoms with van der Waals surface area (Å²) >= 11 is 0. The Hall–Kier alpha value is -1.31. The van der Waals surface area contributed by atoms with Gasteiger partial charge in [0.1, 0.15) is 0 Å². The second-order valence-corrected chi connectivity index (χ2v) is 5.50. The zero-order valence-corrected chi connectivity index (χ0v) is 9.79. The molecule has 2 aliphatic carbocycles. The fourth-order valence-corrected chi connectivity index (χ4v) is 2.30. The van der Waals surface area contributed by atoms with Gasteiger partial charge in [0.15, 0.2) is 0 Å². The third-order valence-electron chi connectivity index (χ3n) is 3.95. The molecule has 0 aromatic heterocycles. The van der Waals surface area contributed by atoms with Gasteiger partial charge in [-0.25, -0.2) is 0 Å². The first-order chi connectivity index (χ1) is 7.62. The molecule has 0 radical (unpaired) electrons. The van der Waals surface area contributed by atoms with E-state index in [-0.39, 0.29) is 11.3 Å². The van der Waals surface area contributed by atoms with Gasteiger partial charge in [0.25, 0.3) is 0 Å². The third kappa shape index (κ3) is 1.44. The fraction of sp³-hybridized carbons (Fsp3) is 0.500. The largest absolute Gasteiger partial charge is 0.326 e. The average Bonchev–Trinajstić information content (AvgIpc) is 3.05. The molecule has 1 aromatic carbocycles. The monoisotopic (exact) mass is 215 g/mol. The molecule has 0 heterocycles. The van der Waals surface area contributed by atoms with Crippen molar-refractivity contribution in [3.63, 3.8) is 0 Å². The molecule has 2 heteroatoms. The van der Waals surface area contributed by atoms with E-state index >= 15 is 0 Å². The van der Waals surface area contributed by atoms with Crippen molar-refractivity contribution in [2.75, 3.05) is 5.32 Å². The van der Waals surface area contributed by atoms with Crippen molar-refractivity contribution in [1.82, 2.24) is 0 Å². The van der Waals surface area contributed by atoms with Crippen molar-refractivity contribution in [1.29, 1.82) is 0 Å². The van der Waals surface area contributed by atoms with Crippen LogP contribution in [0.2, 0.25) is 0 Å². The average molecular weight is 215 g/mol. The van der Waals surface area contributed by atoms with Gasteiger partial charge in [0.2, 0.25) is 5.91 Å². The van der Waals surface area contributed by atoms with Crippen molar-refractivity contribution < 1.29 is 4.79 Å². The number of rotatable bonds is 3. The molecule has 3 rings (SSSR count). The van der Waals surface area contributed by atoms with E-state index in [1.54, 1.807) is 0 Å². The number of hydrogen-bond donors (Lipinski definition) is 1. The van der Waals surface area contributed by atoms with Crippen molar-refractivity contribution in [3.05, 3.63) is 29.8 Å². The Morgan fingerprint density at radius 2 is 2.12 bits per heavy atom. The highest BCUT2D eigenvalue weighted by Crippen LogP contribution is 2.75. The Morgan fingerprint density at radius 1 is 1.44 bits per heavy atom. The molecule has 0 atom stereocenters. The Morgan fingerprint density at radius 3 is 2.69 bits per heavy atom. The van der Waals surface area contributed by atoms with E-state index in [0.717, 1.165) is 18.5 Å². The first-order valence-electron chi connectivity index (χ1n) is 6.03. The molecule has 1 N–H and O–H groups in total. The lowest BCUT2D eigenvalue weighted by Gasteiger charge is -2.10. The highest BCUT2D eigenvalue weighted by molar-refractivity contribution is 6.00. The van der Waals surface area contributed by atoms with Gasteiger partial charge in [-0.1, -0.05) is 26.0 Å². The van der Waals surface area contributed by atoms with Gasteiger partial charge in [0.05, 0.1) is 5.41 Å². The van der Waals surface area contributed by atoms with Crippen LogP contribution in [0.4, 0.5) is 5.69 Å². The van der Waals surface area contributed by atoms with Gasteiger partial charge in [-0.3, -0.25) is 4.79 Å². The minimum atomic E-state index is 0.0633. The molecule has 1 amide bonds. The van der Waals surface area contributed by atoms with Crippen molar-refractivity contribution in [2.24, 2.45) is 11.3 Å². The number of fused-ring (bicyclic) bond motifs is 1. The normalized spacial score (nSPS) is 29.8. The van der Waals surface area contributed by atoms with Gasteiger partial charge in [-0.2, -0.15) is 0 Å². The van der Waals surface area contributed by atoms with Gasteiger partial charge >= 0.3 is 0 Å². The molecule has 16 heavy (non-hydrogen) atoms. The molecule has 0 aliphatic heterocycles. The summed E-state index contributed by atoms with van der Waals surface area (Å²) < 4.78 is 0. The number of hydrogen-bond acceptors (Lipinski definition) is 1. The number of amides is 1. The standard InChI is InChI=1S/C14H17NO/c1-9(2)10-4-3-5-12(6-10)15-13(16)14-7-11(14)8-14/h3-6,9,11H,7-8H2,1-2H3,(H,15,16). The molecular formula is C14H17NO. The Kier molecular flexibility index (Phi) is 1.91. The smallest absolute Gasteiger partial charge is 0.230 e. The number of carbonyl (C=O) groups excluding carboxylic acids is 1. The molecule has 84 valence electrons. The van der Waals surface area contributed by atoms with Crippen LogP contribution in [-0.2, 0) is 4.79 Å². The molecular weight excluding hydrogens is 198 g/mol. The Balaban J connectivity index is 1.74. The lowest BCUT2D eigenvalue weighted by molar-refractivity contribution is -0.119. The summed E-state index contributed by atoms with van der Waals surface area (Å²) in [6.07, 6.45) is 2.23. The topological polar surface area (TPSA) is 29.1 Å². The van der Waals surface area contributed by atoms with Gasteiger partial charge in [-0.15, -0.1) is 0 Å². The number of nitrogens with one attached hydrogen (secondary N) is 1. The van der Waals surface area contributed by atoms with Crippen LogP contribution in [0, 0.1) is 11.3 Å². The predicted octanol–water partition coefficient (Wildman–Crippen LogP) is 3.16. The van der Waals surface area contributed by atoms with Gasteiger partial charge in [0, 0.05) is 5.69 Å². The molecule has 0 unspecified atom stereocenters. The van der Waals surface area contributed by atoms with Crippen LogP contribution in [0.1, 0.15) is 38.2 Å². The van der Waals surface area contributed by atoms with E-state index in [0.29, 0.717) is 11.8 Å². The SMILES string of the molecule is CC(C)c1cccc(NC(=O)C23CC2C3)c1. The van der Waals surface area contributed by atoms with Gasteiger partial charge in [-0.05, 0) is 42.4 Å². The second-order valence-electron chi connectivity index (χ2n) is 5.50. The van der Waals surface area contributed by atoms with E-state index in [1.807, 2.05) is 12.1 Å². The summed E-state index contributed by atoms with van der Waals surface area (Å²) in [6, 6.07) is 8.18. The molecule has 0 bridgehead atoms. The zero-order chi connectivity index (χ0) is 11.3. The molecule has 2 nitrogen and oxygen atoms in total. The zero-order valence-electron chi connectivity index (χ0n) is 9.79. The maximum absolute atomic E-state index is 11.9. The van der Waals surface area contributed by atoms with Crippen LogP contribution < -0.4 is 5.32 Å². The number of carbonyl (C=O) groups is 1. The van der Waals surface area contributed by atoms with Crippen molar-refractivity contribution in [2.45, 2.75) is 32.6 Å².